The molecule has 1 fully saturated rings. The van der Waals surface area contributed by atoms with Gasteiger partial charge in [-0.2, -0.15) is 13.2 Å². The number of carbonyl (C=O) groups is 1. The number of amides is 1. The zero-order valence-electron chi connectivity index (χ0n) is 8.06. The van der Waals surface area contributed by atoms with Crippen LogP contribution in [0.2, 0.25) is 0 Å². The Labute approximate surface area is 80.3 Å². The molecule has 2 unspecified atom stereocenters. The number of alkyl halides is 3. The summed E-state index contributed by atoms with van der Waals surface area (Å²) in [7, 11) is 1.82. The number of likely N-dealkylation sites (N-methyl/N-ethyl adjacent to an activating group) is 1. The van der Waals surface area contributed by atoms with Gasteiger partial charge in [0, 0.05) is 18.6 Å². The number of halogens is 3. The van der Waals surface area contributed by atoms with E-state index in [1.807, 2.05) is 17.3 Å². The summed E-state index contributed by atoms with van der Waals surface area (Å²) >= 11 is 0. The topological polar surface area (TPSA) is 32.3 Å². The number of hydrogen-bond donors (Lipinski definition) is 1. The summed E-state index contributed by atoms with van der Waals surface area (Å²) in [6.45, 7) is 2.51. The SMILES string of the molecule is CC1C(NC(=O)C(F)(F)F)CCN1C. The molecule has 0 aromatic rings. The minimum absolute atomic E-state index is 0.0405. The Hall–Kier alpha value is -0.780. The summed E-state index contributed by atoms with van der Waals surface area (Å²) < 4.78 is 35.7. The fraction of sp³-hybridized carbons (Fsp3) is 0.875. The molecule has 1 heterocycles. The van der Waals surface area contributed by atoms with E-state index in [-0.39, 0.29) is 6.04 Å². The van der Waals surface area contributed by atoms with Gasteiger partial charge < -0.3 is 10.2 Å². The maximum atomic E-state index is 11.9. The second-order valence-corrected chi connectivity index (χ2v) is 3.59. The molecule has 1 aliphatic heterocycles. The smallest absolute Gasteiger partial charge is 0.344 e. The molecule has 0 aromatic carbocycles. The minimum Gasteiger partial charge on any atom is -0.344 e. The highest BCUT2D eigenvalue weighted by molar-refractivity contribution is 5.82. The summed E-state index contributed by atoms with van der Waals surface area (Å²) in [6, 6.07) is -0.435. The van der Waals surface area contributed by atoms with Crippen LogP contribution in [0.4, 0.5) is 13.2 Å². The Bertz CT molecular complexity index is 229. The largest absolute Gasteiger partial charge is 0.471 e. The van der Waals surface area contributed by atoms with E-state index in [4.69, 9.17) is 0 Å². The first-order valence-corrected chi connectivity index (χ1v) is 4.40. The summed E-state index contributed by atoms with van der Waals surface area (Å²) in [6.07, 6.45) is -4.21. The lowest BCUT2D eigenvalue weighted by Crippen LogP contribution is -2.47. The number of likely N-dealkylation sites (tertiary alicyclic amines) is 1. The van der Waals surface area contributed by atoms with Gasteiger partial charge in [-0.3, -0.25) is 4.79 Å². The molecular weight excluding hydrogens is 197 g/mol. The molecule has 1 rings (SSSR count). The van der Waals surface area contributed by atoms with Crippen molar-refractivity contribution >= 4 is 5.91 Å². The number of nitrogens with zero attached hydrogens (tertiary/aromatic N) is 1. The summed E-state index contributed by atoms with van der Waals surface area (Å²) in [5, 5.41) is 1.99. The summed E-state index contributed by atoms with van der Waals surface area (Å²) in [5.41, 5.74) is 0. The second kappa shape index (κ2) is 3.76. The van der Waals surface area contributed by atoms with E-state index in [2.05, 4.69) is 0 Å². The molecule has 0 radical (unpaired) electrons. The average molecular weight is 210 g/mol. The normalized spacial score (nSPS) is 29.2. The van der Waals surface area contributed by atoms with Crippen molar-refractivity contribution in [2.75, 3.05) is 13.6 Å². The second-order valence-electron chi connectivity index (χ2n) is 3.59. The maximum Gasteiger partial charge on any atom is 0.471 e. The van der Waals surface area contributed by atoms with Crippen LogP contribution in [0.25, 0.3) is 0 Å². The van der Waals surface area contributed by atoms with E-state index in [1.165, 1.54) is 0 Å². The maximum absolute atomic E-state index is 11.9. The number of carbonyl (C=O) groups excluding carboxylic acids is 1. The van der Waals surface area contributed by atoms with Gasteiger partial charge in [0.1, 0.15) is 0 Å². The van der Waals surface area contributed by atoms with E-state index in [9.17, 15) is 18.0 Å². The molecular formula is C8H13F3N2O. The minimum atomic E-state index is -4.78. The zero-order chi connectivity index (χ0) is 10.9. The van der Waals surface area contributed by atoms with Crippen LogP contribution in [0.1, 0.15) is 13.3 Å². The highest BCUT2D eigenvalue weighted by Gasteiger charge is 2.41. The van der Waals surface area contributed by atoms with Crippen LogP contribution in [0.3, 0.4) is 0 Å². The van der Waals surface area contributed by atoms with E-state index < -0.39 is 18.1 Å². The van der Waals surface area contributed by atoms with Crippen molar-refractivity contribution in [1.82, 2.24) is 10.2 Å². The van der Waals surface area contributed by atoms with Gasteiger partial charge >= 0.3 is 12.1 Å². The molecule has 1 N–H and O–H groups in total. The zero-order valence-corrected chi connectivity index (χ0v) is 8.06. The molecule has 6 heteroatoms. The van der Waals surface area contributed by atoms with Crippen molar-refractivity contribution in [1.29, 1.82) is 0 Å². The van der Waals surface area contributed by atoms with Gasteiger partial charge in [0.2, 0.25) is 0 Å². The predicted molar refractivity (Wildman–Crippen MR) is 44.7 cm³/mol. The molecule has 3 nitrogen and oxygen atoms in total. The number of nitrogens with one attached hydrogen (secondary N) is 1. The van der Waals surface area contributed by atoms with Crippen LogP contribution in [0.5, 0.6) is 0 Å². The molecule has 0 saturated carbocycles. The van der Waals surface area contributed by atoms with Gasteiger partial charge in [-0.25, -0.2) is 0 Å². The van der Waals surface area contributed by atoms with Crippen LogP contribution in [0.15, 0.2) is 0 Å². The Morgan fingerprint density at radius 1 is 1.50 bits per heavy atom. The van der Waals surface area contributed by atoms with Gasteiger partial charge in [0.15, 0.2) is 0 Å². The monoisotopic (exact) mass is 210 g/mol. The average Bonchev–Trinajstić information content (AvgIpc) is 2.34. The van der Waals surface area contributed by atoms with E-state index >= 15 is 0 Å². The third-order valence-electron chi connectivity index (χ3n) is 2.64. The summed E-state index contributed by atoms with van der Waals surface area (Å²) in [5.74, 6) is -1.84. The lowest BCUT2D eigenvalue weighted by Gasteiger charge is -2.21. The number of rotatable bonds is 1. The van der Waals surface area contributed by atoms with Crippen LogP contribution in [-0.2, 0) is 4.79 Å². The first-order valence-electron chi connectivity index (χ1n) is 4.40. The lowest BCUT2D eigenvalue weighted by atomic mass is 10.1. The van der Waals surface area contributed by atoms with E-state index in [0.29, 0.717) is 13.0 Å². The van der Waals surface area contributed by atoms with Crippen LogP contribution in [-0.4, -0.2) is 42.7 Å². The first-order chi connectivity index (χ1) is 6.32. The van der Waals surface area contributed by atoms with Crippen molar-refractivity contribution in [2.45, 2.75) is 31.6 Å². The Kier molecular flexibility index (Phi) is 3.04. The van der Waals surface area contributed by atoms with Gasteiger partial charge in [-0.1, -0.05) is 0 Å². The Morgan fingerprint density at radius 2 is 2.07 bits per heavy atom. The van der Waals surface area contributed by atoms with Crippen molar-refractivity contribution in [3.05, 3.63) is 0 Å². The molecule has 0 bridgehead atoms. The van der Waals surface area contributed by atoms with Crippen molar-refractivity contribution in [3.63, 3.8) is 0 Å². The molecule has 2 atom stereocenters. The van der Waals surface area contributed by atoms with Crippen molar-refractivity contribution in [3.8, 4) is 0 Å². The third kappa shape index (κ3) is 2.37. The van der Waals surface area contributed by atoms with Gasteiger partial charge in [0.25, 0.3) is 0 Å². The molecule has 1 amide bonds. The fourth-order valence-corrected chi connectivity index (χ4v) is 1.54. The predicted octanol–water partition coefficient (Wildman–Crippen LogP) is 0.758. The lowest BCUT2D eigenvalue weighted by molar-refractivity contribution is -0.174. The molecule has 82 valence electrons. The first kappa shape index (κ1) is 11.3. The molecule has 1 saturated heterocycles. The van der Waals surface area contributed by atoms with E-state index in [1.54, 1.807) is 6.92 Å². The Morgan fingerprint density at radius 3 is 2.43 bits per heavy atom. The quantitative estimate of drug-likeness (QED) is 0.693. The molecule has 0 aliphatic carbocycles. The van der Waals surface area contributed by atoms with Gasteiger partial charge in [-0.15, -0.1) is 0 Å². The van der Waals surface area contributed by atoms with Crippen LogP contribution in [0, 0.1) is 0 Å². The number of hydrogen-bond acceptors (Lipinski definition) is 2. The van der Waals surface area contributed by atoms with Crippen LogP contribution < -0.4 is 5.32 Å². The summed E-state index contributed by atoms with van der Waals surface area (Å²) in [4.78, 5) is 12.5. The fourth-order valence-electron chi connectivity index (χ4n) is 1.54. The highest BCUT2D eigenvalue weighted by Crippen LogP contribution is 2.19. The highest BCUT2D eigenvalue weighted by atomic mass is 19.4. The van der Waals surface area contributed by atoms with Gasteiger partial charge in [0.05, 0.1) is 0 Å². The molecule has 14 heavy (non-hydrogen) atoms. The van der Waals surface area contributed by atoms with Crippen LogP contribution >= 0.6 is 0 Å². The standard InChI is InChI=1S/C8H13F3N2O/c1-5-6(3-4-13(5)2)12-7(14)8(9,10)11/h5-6H,3-4H2,1-2H3,(H,12,14). The molecule has 0 aromatic heterocycles. The van der Waals surface area contributed by atoms with E-state index in [0.717, 1.165) is 0 Å². The molecule has 1 aliphatic rings. The molecule has 0 spiro atoms. The van der Waals surface area contributed by atoms with Gasteiger partial charge in [-0.05, 0) is 20.4 Å². The third-order valence-corrected chi connectivity index (χ3v) is 2.64. The Balaban J connectivity index is 2.50. The van der Waals surface area contributed by atoms with Crippen molar-refractivity contribution in [2.24, 2.45) is 0 Å². The van der Waals surface area contributed by atoms with Crippen molar-refractivity contribution < 1.29 is 18.0 Å².